The van der Waals surface area contributed by atoms with E-state index >= 15 is 0 Å². The number of amides is 1. The third-order valence-corrected chi connectivity index (χ3v) is 3.93. The highest BCUT2D eigenvalue weighted by Crippen LogP contribution is 2.27. The highest BCUT2D eigenvalue weighted by molar-refractivity contribution is 9.10. The maximum atomic E-state index is 12.3. The molecular formula is C15H12BrCl2NO. The summed E-state index contributed by atoms with van der Waals surface area (Å²) in [7, 11) is 0. The van der Waals surface area contributed by atoms with Gasteiger partial charge in [-0.1, -0.05) is 39.1 Å². The molecule has 2 rings (SSSR count). The second kappa shape index (κ2) is 6.17. The summed E-state index contributed by atoms with van der Waals surface area (Å²) in [5, 5.41) is 3.74. The van der Waals surface area contributed by atoms with Crippen LogP contribution in [0.5, 0.6) is 0 Å². The molecule has 0 atom stereocenters. The van der Waals surface area contributed by atoms with Crippen LogP contribution >= 0.6 is 39.1 Å². The number of hydrogen-bond donors (Lipinski definition) is 1. The fourth-order valence-corrected chi connectivity index (χ4v) is 3.02. The summed E-state index contributed by atoms with van der Waals surface area (Å²) in [5.74, 6) is -0.272. The van der Waals surface area contributed by atoms with E-state index in [4.69, 9.17) is 23.2 Å². The number of rotatable bonds is 2. The molecule has 0 unspecified atom stereocenters. The molecule has 0 aliphatic carbocycles. The zero-order chi connectivity index (χ0) is 14.9. The van der Waals surface area contributed by atoms with Crippen molar-refractivity contribution in [1.82, 2.24) is 0 Å². The van der Waals surface area contributed by atoms with Crippen LogP contribution in [0.3, 0.4) is 0 Å². The van der Waals surface area contributed by atoms with Gasteiger partial charge in [0.05, 0.1) is 10.6 Å². The minimum atomic E-state index is -0.272. The van der Waals surface area contributed by atoms with Gasteiger partial charge in [-0.15, -0.1) is 0 Å². The summed E-state index contributed by atoms with van der Waals surface area (Å²) in [6.45, 7) is 3.87. The van der Waals surface area contributed by atoms with E-state index in [2.05, 4.69) is 21.2 Å². The zero-order valence-corrected chi connectivity index (χ0v) is 14.0. The lowest BCUT2D eigenvalue weighted by atomic mass is 10.1. The fraction of sp³-hybridized carbons (Fsp3) is 0.133. The predicted molar refractivity (Wildman–Crippen MR) is 88.0 cm³/mol. The highest BCUT2D eigenvalue weighted by atomic mass is 79.9. The lowest BCUT2D eigenvalue weighted by Crippen LogP contribution is -2.14. The minimum Gasteiger partial charge on any atom is -0.321 e. The van der Waals surface area contributed by atoms with Crippen molar-refractivity contribution in [2.45, 2.75) is 13.8 Å². The average molecular weight is 373 g/mol. The van der Waals surface area contributed by atoms with E-state index in [0.717, 1.165) is 21.3 Å². The van der Waals surface area contributed by atoms with Crippen molar-refractivity contribution < 1.29 is 4.79 Å². The van der Waals surface area contributed by atoms with Gasteiger partial charge in [-0.25, -0.2) is 0 Å². The van der Waals surface area contributed by atoms with Crippen molar-refractivity contribution in [2.75, 3.05) is 5.32 Å². The zero-order valence-electron chi connectivity index (χ0n) is 10.9. The van der Waals surface area contributed by atoms with E-state index in [0.29, 0.717) is 15.6 Å². The van der Waals surface area contributed by atoms with Gasteiger partial charge in [0.15, 0.2) is 0 Å². The van der Waals surface area contributed by atoms with Crippen molar-refractivity contribution in [3.63, 3.8) is 0 Å². The van der Waals surface area contributed by atoms with Gasteiger partial charge < -0.3 is 5.32 Å². The Hall–Kier alpha value is -1.03. The largest absolute Gasteiger partial charge is 0.321 e. The van der Waals surface area contributed by atoms with Crippen molar-refractivity contribution in [2.24, 2.45) is 0 Å². The van der Waals surface area contributed by atoms with Gasteiger partial charge in [0.25, 0.3) is 5.91 Å². The molecule has 2 aromatic carbocycles. The highest BCUT2D eigenvalue weighted by Gasteiger charge is 2.14. The number of carbonyl (C=O) groups excluding carboxylic acids is 1. The number of halogens is 3. The Morgan fingerprint density at radius 2 is 1.70 bits per heavy atom. The molecule has 0 fully saturated rings. The Bertz CT molecular complexity index is 663. The summed E-state index contributed by atoms with van der Waals surface area (Å²) < 4.78 is 0.978. The van der Waals surface area contributed by atoms with Crippen molar-refractivity contribution in [3.8, 4) is 0 Å². The molecule has 2 nitrogen and oxygen atoms in total. The van der Waals surface area contributed by atoms with Gasteiger partial charge in [0, 0.05) is 15.2 Å². The second-order valence-corrected chi connectivity index (χ2v) is 6.25. The van der Waals surface area contributed by atoms with Crippen molar-refractivity contribution in [1.29, 1.82) is 0 Å². The van der Waals surface area contributed by atoms with Crippen LogP contribution in [0.1, 0.15) is 21.5 Å². The van der Waals surface area contributed by atoms with E-state index in [1.165, 1.54) is 0 Å². The molecular weight excluding hydrogens is 361 g/mol. The van der Waals surface area contributed by atoms with Crippen LogP contribution in [0.4, 0.5) is 5.69 Å². The lowest BCUT2D eigenvalue weighted by molar-refractivity contribution is 0.102. The number of anilines is 1. The molecule has 0 spiro atoms. The summed E-state index contributed by atoms with van der Waals surface area (Å²) in [6, 6.07) is 8.71. The Kier molecular flexibility index (Phi) is 4.74. The molecule has 104 valence electrons. The van der Waals surface area contributed by atoms with E-state index in [1.54, 1.807) is 18.2 Å². The monoisotopic (exact) mass is 371 g/mol. The Morgan fingerprint density at radius 3 is 2.30 bits per heavy atom. The SMILES string of the molecule is Cc1cc(Br)cc(C)c1NC(=O)c1cc(Cl)ccc1Cl. The molecule has 0 heterocycles. The molecule has 1 amide bonds. The lowest BCUT2D eigenvalue weighted by Gasteiger charge is -2.13. The van der Waals surface area contributed by atoms with Gasteiger partial charge in [0.1, 0.15) is 0 Å². The quantitative estimate of drug-likeness (QED) is 0.727. The van der Waals surface area contributed by atoms with Gasteiger partial charge >= 0.3 is 0 Å². The standard InChI is InChI=1S/C15H12BrCl2NO/c1-8-5-10(16)6-9(2)14(8)19-15(20)12-7-11(17)3-4-13(12)18/h3-7H,1-2H3,(H,19,20). The first kappa shape index (κ1) is 15.4. The molecule has 0 aliphatic heterocycles. The van der Waals surface area contributed by atoms with E-state index in [-0.39, 0.29) is 5.91 Å². The Morgan fingerprint density at radius 1 is 1.10 bits per heavy atom. The summed E-state index contributed by atoms with van der Waals surface area (Å²) >= 11 is 15.4. The fourth-order valence-electron chi connectivity index (χ4n) is 1.96. The molecule has 1 N–H and O–H groups in total. The topological polar surface area (TPSA) is 29.1 Å². The Labute approximate surface area is 136 Å². The molecule has 0 saturated carbocycles. The van der Waals surface area contributed by atoms with Crippen LogP contribution in [0.15, 0.2) is 34.8 Å². The second-order valence-electron chi connectivity index (χ2n) is 4.49. The van der Waals surface area contributed by atoms with Crippen LogP contribution in [-0.2, 0) is 0 Å². The smallest absolute Gasteiger partial charge is 0.257 e. The van der Waals surface area contributed by atoms with E-state index in [1.807, 2.05) is 26.0 Å². The van der Waals surface area contributed by atoms with Crippen molar-refractivity contribution >= 4 is 50.7 Å². The minimum absolute atomic E-state index is 0.272. The molecule has 0 bridgehead atoms. The number of aryl methyl sites for hydroxylation is 2. The number of benzene rings is 2. The van der Waals surface area contributed by atoms with Crippen LogP contribution in [0.2, 0.25) is 10.0 Å². The number of carbonyl (C=O) groups is 1. The maximum absolute atomic E-state index is 12.3. The first-order valence-corrected chi connectivity index (χ1v) is 7.46. The third kappa shape index (κ3) is 3.35. The molecule has 20 heavy (non-hydrogen) atoms. The predicted octanol–water partition coefficient (Wildman–Crippen LogP) is 5.63. The maximum Gasteiger partial charge on any atom is 0.257 e. The molecule has 0 saturated heterocycles. The normalized spacial score (nSPS) is 10.4. The Balaban J connectivity index is 2.35. The molecule has 5 heteroatoms. The van der Waals surface area contributed by atoms with E-state index < -0.39 is 0 Å². The number of nitrogens with one attached hydrogen (secondary N) is 1. The summed E-state index contributed by atoms with van der Waals surface area (Å²) in [6.07, 6.45) is 0. The third-order valence-electron chi connectivity index (χ3n) is 2.91. The van der Waals surface area contributed by atoms with Crippen LogP contribution in [0.25, 0.3) is 0 Å². The first-order chi connectivity index (χ1) is 9.38. The average Bonchev–Trinajstić information content (AvgIpc) is 2.36. The summed E-state index contributed by atoms with van der Waals surface area (Å²) in [4.78, 5) is 12.3. The van der Waals surface area contributed by atoms with Gasteiger partial charge in [-0.3, -0.25) is 4.79 Å². The van der Waals surface area contributed by atoms with Crippen molar-refractivity contribution in [3.05, 3.63) is 61.5 Å². The summed E-state index contributed by atoms with van der Waals surface area (Å²) in [5.41, 5.74) is 3.10. The van der Waals surface area contributed by atoms with Gasteiger partial charge in [-0.2, -0.15) is 0 Å². The first-order valence-electron chi connectivity index (χ1n) is 5.91. The molecule has 0 aromatic heterocycles. The van der Waals surface area contributed by atoms with Gasteiger partial charge in [-0.05, 0) is 55.3 Å². The van der Waals surface area contributed by atoms with Crippen LogP contribution in [0, 0.1) is 13.8 Å². The number of hydrogen-bond acceptors (Lipinski definition) is 1. The van der Waals surface area contributed by atoms with Crippen LogP contribution in [-0.4, -0.2) is 5.91 Å². The molecule has 0 radical (unpaired) electrons. The molecule has 0 aliphatic rings. The molecule has 2 aromatic rings. The van der Waals surface area contributed by atoms with Crippen LogP contribution < -0.4 is 5.32 Å². The van der Waals surface area contributed by atoms with E-state index in [9.17, 15) is 4.79 Å². The van der Waals surface area contributed by atoms with Gasteiger partial charge in [0.2, 0.25) is 0 Å².